The fraction of sp³-hybridized carbons (Fsp3) is 0.875. The number of hydrogen-bond donors (Lipinski definition) is 0. The Morgan fingerprint density at radius 1 is 0.140 bits per heavy atom. The molecule has 0 atom stereocenters. The van der Waals surface area contributed by atoms with Crippen molar-refractivity contribution in [2.75, 3.05) is 0 Å². The van der Waals surface area contributed by atoms with E-state index in [-0.39, 0.29) is 136 Å². The third-order valence-electron chi connectivity index (χ3n) is 13.4. The molecule has 0 unspecified atom stereocenters. The van der Waals surface area contributed by atoms with Crippen molar-refractivity contribution in [1.82, 2.24) is 0 Å². The summed E-state index contributed by atoms with van der Waals surface area (Å²) in [6, 6.07) is 0. The summed E-state index contributed by atoms with van der Waals surface area (Å²) < 4.78 is 0. The second kappa shape index (κ2) is 114. The molecule has 0 aromatic carbocycles. The van der Waals surface area contributed by atoms with Crippen LogP contribution in [0.5, 0.6) is 0 Å². The van der Waals surface area contributed by atoms with Crippen molar-refractivity contribution in [2.24, 2.45) is 0 Å². The third kappa shape index (κ3) is 187. The molecule has 0 aliphatic carbocycles. The smallest absolute Gasteiger partial charge is 0.550 e. The van der Waals surface area contributed by atoms with Crippen molar-refractivity contribution in [2.45, 2.75) is 409 Å². The Morgan fingerprint density at radius 3 is 0.258 bits per heavy atom. The summed E-state index contributed by atoms with van der Waals surface area (Å²) >= 11 is 0. The second-order valence-corrected chi connectivity index (χ2v) is 22.8. The summed E-state index contributed by atoms with van der Waals surface area (Å²) in [6.45, 7) is 19.2. The Kier molecular flexibility index (Phi) is 145. The number of carbonyl (C=O) groups excluding carboxylic acids is 9. The summed E-state index contributed by atoms with van der Waals surface area (Å²) in [5.74, 6) is -8.28. The first-order valence-electron chi connectivity index (χ1n) is 35.7. The van der Waals surface area contributed by atoms with Crippen LogP contribution in [0.4, 0.5) is 0 Å². The summed E-state index contributed by atoms with van der Waals surface area (Å²) in [4.78, 5) is 89.3. The zero-order valence-electron chi connectivity index (χ0n) is 60.4. The van der Waals surface area contributed by atoms with E-state index in [9.17, 15) is 89.1 Å². The second-order valence-electron chi connectivity index (χ2n) is 22.8. The van der Waals surface area contributed by atoms with Gasteiger partial charge in [-0.05, 0) is 116 Å². The van der Waals surface area contributed by atoms with Crippen molar-refractivity contribution < 1.29 is 89.1 Å². The number of aliphatic carboxylic acids is 9. The fourth-order valence-electron chi connectivity index (χ4n) is 7.86. The van der Waals surface area contributed by atoms with Crippen molar-refractivity contribution >= 4 is 132 Å². The minimum atomic E-state index is -0.920. The SMILES string of the molecule is CCCCCCCC(=O)[O-].CCCCCCCC(=O)[O-].CCCCCCCC(=O)[O-].CCCCCCCC(=O)[O-].CCCCCCCC(=O)[O-].CCCCCCCC(=O)[O-].CCCCCCCC(=O)[O-].CCCCCCCC(=O)[O-].CCCCCCCC(=O)[O-].[Bi+3].[Bi+3].[Bi+3]. The normalized spacial score (nSPS) is 9.39. The van der Waals surface area contributed by atoms with E-state index < -0.39 is 53.7 Å². The van der Waals surface area contributed by atoms with Gasteiger partial charge < -0.3 is 89.1 Å². The number of carboxylic acid groups (broad SMARTS) is 9. The minimum absolute atomic E-state index is 0. The number of hydrogen-bond acceptors (Lipinski definition) is 18. The quantitative estimate of drug-likeness (QED) is 0.0405. The first-order valence-corrected chi connectivity index (χ1v) is 35.7. The zero-order chi connectivity index (χ0) is 70.4. The molecule has 6 radical (unpaired) electrons. The molecule has 0 amide bonds. The number of carbonyl (C=O) groups is 9. The number of carboxylic acids is 9. The minimum Gasteiger partial charge on any atom is -0.550 e. The predicted octanol–water partition coefficient (Wildman–Crippen LogP) is 8.73. The molecule has 0 heterocycles. The molecule has 0 aromatic heterocycles. The zero-order valence-corrected chi connectivity index (χ0v) is 70.8. The number of rotatable bonds is 54. The predicted molar refractivity (Wildman–Crippen MR) is 363 cm³/mol. The molecule has 0 N–H and O–H groups in total. The van der Waals surface area contributed by atoms with E-state index in [1.807, 2.05) is 0 Å². The molecule has 0 saturated carbocycles. The van der Waals surface area contributed by atoms with Crippen LogP contribution in [0, 0.1) is 0 Å². The molecule has 0 bridgehead atoms. The van der Waals surface area contributed by atoms with Gasteiger partial charge in [-0.3, -0.25) is 0 Å². The molecule has 0 saturated heterocycles. The first kappa shape index (κ1) is 118. The third-order valence-corrected chi connectivity index (χ3v) is 13.4. The van der Waals surface area contributed by atoms with E-state index in [0.717, 1.165) is 173 Å². The topological polar surface area (TPSA) is 361 Å². The van der Waals surface area contributed by atoms with Gasteiger partial charge in [-0.1, -0.05) is 293 Å². The van der Waals surface area contributed by atoms with Crippen LogP contribution >= 0.6 is 0 Å². The van der Waals surface area contributed by atoms with Gasteiger partial charge in [0.2, 0.25) is 0 Å². The standard InChI is InChI=1S/9C8H16O2.3Bi/c9*1-2-3-4-5-6-7-8(9)10;;;/h9*2-7H2,1H3,(H,9,10);;;/q;;;;;;;;;3*+3/p-9. The largest absolute Gasteiger partial charge is 3.00 e. The van der Waals surface area contributed by atoms with E-state index in [1.165, 1.54) is 116 Å². The Balaban J connectivity index is -0.0000000790. The molecule has 0 fully saturated rings. The van der Waals surface area contributed by atoms with Gasteiger partial charge in [0, 0.05) is 53.7 Å². The van der Waals surface area contributed by atoms with Crippen molar-refractivity contribution in [3.63, 3.8) is 0 Å². The molecule has 93 heavy (non-hydrogen) atoms. The fourth-order valence-corrected chi connectivity index (χ4v) is 7.86. The molecular weight excluding hydrogens is 1780 g/mol. The van der Waals surface area contributed by atoms with Gasteiger partial charge in [0.05, 0.1) is 0 Å². The molecule has 0 aliphatic rings. The maximum Gasteiger partial charge on any atom is 3.00 e. The van der Waals surface area contributed by atoms with Crippen LogP contribution < -0.4 is 46.0 Å². The molecule has 0 aliphatic heterocycles. The molecule has 0 spiro atoms. The Bertz CT molecular complexity index is 1160. The van der Waals surface area contributed by atoms with Gasteiger partial charge in [0.15, 0.2) is 0 Å². The van der Waals surface area contributed by atoms with Crippen LogP contribution in [0.2, 0.25) is 0 Å². The van der Waals surface area contributed by atoms with Crippen LogP contribution in [0.25, 0.3) is 0 Å². The summed E-state index contributed by atoms with van der Waals surface area (Å²) in [5, 5.41) is 89.3. The average Bonchev–Trinajstić information content (AvgIpc) is 3.47. The average molecular weight is 1920 g/mol. The van der Waals surface area contributed by atoms with Crippen LogP contribution in [-0.4, -0.2) is 132 Å². The Labute approximate surface area is 625 Å². The van der Waals surface area contributed by atoms with Gasteiger partial charge in [0.1, 0.15) is 0 Å². The molecule has 21 heteroatoms. The van der Waals surface area contributed by atoms with Crippen molar-refractivity contribution in [3.8, 4) is 0 Å². The maximum absolute atomic E-state index is 9.92. The van der Waals surface area contributed by atoms with Crippen LogP contribution in [0.1, 0.15) is 409 Å². The summed E-state index contributed by atoms with van der Waals surface area (Å²) in [6.07, 6.45) is 50.5. The van der Waals surface area contributed by atoms with E-state index in [1.54, 1.807) is 0 Å². The maximum atomic E-state index is 9.92. The summed E-state index contributed by atoms with van der Waals surface area (Å²) in [7, 11) is 0. The molecule has 0 aromatic rings. The van der Waals surface area contributed by atoms with E-state index >= 15 is 0 Å². The van der Waals surface area contributed by atoms with Crippen LogP contribution in [-0.2, 0) is 43.2 Å². The Morgan fingerprint density at radius 2 is 0.204 bits per heavy atom. The Hall–Kier alpha value is -2.12. The molecule has 0 rings (SSSR count). The number of unbranched alkanes of at least 4 members (excludes halogenated alkanes) is 36. The van der Waals surface area contributed by atoms with Gasteiger partial charge in [0.25, 0.3) is 0 Å². The van der Waals surface area contributed by atoms with Crippen molar-refractivity contribution in [1.29, 1.82) is 0 Å². The van der Waals surface area contributed by atoms with Crippen LogP contribution in [0.3, 0.4) is 0 Å². The van der Waals surface area contributed by atoms with Gasteiger partial charge in [-0.2, -0.15) is 0 Å². The van der Waals surface area contributed by atoms with Gasteiger partial charge in [-0.15, -0.1) is 0 Å². The van der Waals surface area contributed by atoms with E-state index in [2.05, 4.69) is 62.3 Å². The van der Waals surface area contributed by atoms with Gasteiger partial charge >= 0.3 is 78.6 Å². The van der Waals surface area contributed by atoms with E-state index in [4.69, 9.17) is 0 Å². The summed E-state index contributed by atoms with van der Waals surface area (Å²) in [5.41, 5.74) is 0. The van der Waals surface area contributed by atoms with Gasteiger partial charge in [-0.25, -0.2) is 0 Å². The molecule has 546 valence electrons. The first-order chi connectivity index (χ1) is 42.9. The van der Waals surface area contributed by atoms with Crippen molar-refractivity contribution in [3.05, 3.63) is 0 Å². The molecule has 18 nitrogen and oxygen atoms in total. The monoisotopic (exact) mass is 1910 g/mol. The van der Waals surface area contributed by atoms with E-state index in [0.29, 0.717) is 0 Å². The molecular formula is C72H135Bi3O18. The van der Waals surface area contributed by atoms with Crippen LogP contribution in [0.15, 0.2) is 0 Å².